The quantitative estimate of drug-likeness (QED) is 0.858. The number of hydrogen-bond acceptors (Lipinski definition) is 3. The Bertz CT molecular complexity index is 368. The van der Waals surface area contributed by atoms with Crippen molar-refractivity contribution in [1.29, 1.82) is 0 Å². The maximum Gasteiger partial charge on any atom is 0.403 e. The van der Waals surface area contributed by atoms with E-state index in [4.69, 9.17) is 10.5 Å². The molecule has 0 aliphatic heterocycles. The lowest BCUT2D eigenvalue weighted by Gasteiger charge is -2.20. The van der Waals surface area contributed by atoms with E-state index in [0.717, 1.165) is 0 Å². The summed E-state index contributed by atoms with van der Waals surface area (Å²) in [5.41, 5.74) is 5.26. The molecule has 0 saturated carbocycles. The first-order valence-corrected chi connectivity index (χ1v) is 4.99. The number of nitrogens with two attached hydrogens (primary N) is 1. The van der Waals surface area contributed by atoms with Gasteiger partial charge >= 0.3 is 6.18 Å². The fraction of sp³-hybridized carbons (Fsp3) is 0.455. The van der Waals surface area contributed by atoms with Crippen LogP contribution >= 0.6 is 0 Å². The van der Waals surface area contributed by atoms with E-state index >= 15 is 0 Å². The smallest absolute Gasteiger partial charge is 0.403 e. The van der Waals surface area contributed by atoms with Crippen LogP contribution in [0.4, 0.5) is 13.2 Å². The Morgan fingerprint density at radius 2 is 1.94 bits per heavy atom. The molecule has 3 nitrogen and oxygen atoms in total. The van der Waals surface area contributed by atoms with Gasteiger partial charge < -0.3 is 15.6 Å². The summed E-state index contributed by atoms with van der Waals surface area (Å²) in [4.78, 5) is 0. The fourth-order valence-electron chi connectivity index (χ4n) is 1.44. The van der Waals surface area contributed by atoms with Crippen LogP contribution in [-0.2, 0) is 0 Å². The molecule has 0 heterocycles. The summed E-state index contributed by atoms with van der Waals surface area (Å²) in [6.45, 7) is 0. The molecule has 6 heteroatoms. The second-order valence-electron chi connectivity index (χ2n) is 3.64. The van der Waals surface area contributed by atoms with Crippen LogP contribution in [0.25, 0.3) is 0 Å². The van der Waals surface area contributed by atoms with Gasteiger partial charge in [0.1, 0.15) is 11.8 Å². The van der Waals surface area contributed by atoms with Crippen molar-refractivity contribution in [1.82, 2.24) is 0 Å². The summed E-state index contributed by atoms with van der Waals surface area (Å²) >= 11 is 0. The average molecular weight is 249 g/mol. The van der Waals surface area contributed by atoms with Crippen molar-refractivity contribution in [2.45, 2.75) is 24.7 Å². The van der Waals surface area contributed by atoms with E-state index in [1.165, 1.54) is 13.2 Å². The molecule has 0 fully saturated rings. The molecule has 0 aliphatic carbocycles. The van der Waals surface area contributed by atoms with Gasteiger partial charge in [0.25, 0.3) is 0 Å². The number of benzene rings is 1. The summed E-state index contributed by atoms with van der Waals surface area (Å²) in [7, 11) is 1.38. The molecule has 0 aliphatic rings. The van der Waals surface area contributed by atoms with Gasteiger partial charge in [-0.05, 0) is 6.07 Å². The minimum Gasteiger partial charge on any atom is -0.496 e. The number of rotatable bonds is 4. The van der Waals surface area contributed by atoms with E-state index in [-0.39, 0.29) is 0 Å². The number of aliphatic hydroxyl groups excluding tert-OH is 1. The van der Waals surface area contributed by atoms with E-state index < -0.39 is 24.7 Å². The molecule has 2 atom stereocenters. The second kappa shape index (κ2) is 5.37. The molecule has 0 spiro atoms. The summed E-state index contributed by atoms with van der Waals surface area (Å²) in [6.07, 6.45) is -6.41. The van der Waals surface area contributed by atoms with Crippen molar-refractivity contribution < 1.29 is 23.0 Å². The van der Waals surface area contributed by atoms with Gasteiger partial charge in [-0.15, -0.1) is 0 Å². The first-order valence-electron chi connectivity index (χ1n) is 4.99. The number of alkyl halides is 3. The van der Waals surface area contributed by atoms with Crippen LogP contribution in [-0.4, -0.2) is 24.4 Å². The molecule has 0 bridgehead atoms. The maximum absolute atomic E-state index is 12.2. The molecular formula is C11H14F3NO2. The van der Waals surface area contributed by atoms with Gasteiger partial charge in [0.05, 0.1) is 13.2 Å². The minimum atomic E-state index is -4.51. The largest absolute Gasteiger partial charge is 0.496 e. The first-order chi connectivity index (χ1) is 7.86. The molecule has 1 rings (SSSR count). The zero-order valence-electron chi connectivity index (χ0n) is 9.24. The van der Waals surface area contributed by atoms with E-state index in [0.29, 0.717) is 11.3 Å². The Labute approximate surface area is 97.0 Å². The highest BCUT2D eigenvalue weighted by Gasteiger charge is 2.38. The molecular weight excluding hydrogens is 235 g/mol. The van der Waals surface area contributed by atoms with Crippen molar-refractivity contribution in [3.05, 3.63) is 29.8 Å². The van der Waals surface area contributed by atoms with Crippen LogP contribution in [0.1, 0.15) is 18.1 Å². The lowest BCUT2D eigenvalue weighted by Crippen LogP contribution is -2.38. The predicted molar refractivity (Wildman–Crippen MR) is 56.6 cm³/mol. The normalized spacial score (nSPS) is 15.4. The van der Waals surface area contributed by atoms with Crippen LogP contribution in [0.3, 0.4) is 0 Å². The number of hydrogen-bond donors (Lipinski definition) is 2. The number of halogens is 3. The van der Waals surface area contributed by atoms with Crippen LogP contribution in [0, 0.1) is 0 Å². The fourth-order valence-corrected chi connectivity index (χ4v) is 1.44. The molecule has 96 valence electrons. The zero-order valence-corrected chi connectivity index (χ0v) is 9.24. The van der Waals surface area contributed by atoms with Gasteiger partial charge in [-0.1, -0.05) is 18.2 Å². The van der Waals surface area contributed by atoms with Crippen molar-refractivity contribution in [3.63, 3.8) is 0 Å². The molecule has 0 unspecified atom stereocenters. The van der Waals surface area contributed by atoms with Gasteiger partial charge in [-0.25, -0.2) is 0 Å². The van der Waals surface area contributed by atoms with Gasteiger partial charge in [-0.3, -0.25) is 0 Å². The summed E-state index contributed by atoms with van der Waals surface area (Å²) < 4.78 is 41.7. The highest BCUT2D eigenvalue weighted by Crippen LogP contribution is 2.31. The predicted octanol–water partition coefficient (Wildman–Crippen LogP) is 2.01. The number of aliphatic hydroxyl groups is 1. The number of para-hydroxylation sites is 1. The van der Waals surface area contributed by atoms with E-state index in [1.54, 1.807) is 18.2 Å². The third-order valence-electron chi connectivity index (χ3n) is 2.40. The third-order valence-corrected chi connectivity index (χ3v) is 2.40. The molecule has 1 aromatic rings. The Hall–Kier alpha value is -1.27. The van der Waals surface area contributed by atoms with Gasteiger partial charge in [0, 0.05) is 12.0 Å². The summed E-state index contributed by atoms with van der Waals surface area (Å²) in [6, 6.07) is 4.30. The lowest BCUT2D eigenvalue weighted by atomic mass is 10.0. The van der Waals surface area contributed by atoms with Crippen molar-refractivity contribution >= 4 is 0 Å². The topological polar surface area (TPSA) is 55.5 Å². The van der Waals surface area contributed by atoms with E-state index in [2.05, 4.69) is 0 Å². The van der Waals surface area contributed by atoms with Crippen LogP contribution < -0.4 is 10.5 Å². The lowest BCUT2D eigenvalue weighted by molar-refractivity contribution is -0.153. The first kappa shape index (κ1) is 13.8. The van der Waals surface area contributed by atoms with Crippen LogP contribution in [0.2, 0.25) is 0 Å². The van der Waals surface area contributed by atoms with Crippen LogP contribution in [0.5, 0.6) is 5.75 Å². The molecule has 3 N–H and O–H groups in total. The molecule has 1 aromatic carbocycles. The van der Waals surface area contributed by atoms with Crippen molar-refractivity contribution in [2.75, 3.05) is 7.11 Å². The molecule has 17 heavy (non-hydrogen) atoms. The van der Waals surface area contributed by atoms with Crippen LogP contribution in [0.15, 0.2) is 24.3 Å². The standard InChI is InChI=1S/C11H14F3NO2/c1-17-9-5-3-2-4-7(9)8(16)6-10(15)11(12,13)14/h2-5,8,10,16H,6,15H2,1H3/t8-,10-/m0/s1. The highest BCUT2D eigenvalue weighted by molar-refractivity contribution is 5.35. The van der Waals surface area contributed by atoms with E-state index in [9.17, 15) is 18.3 Å². The van der Waals surface area contributed by atoms with Crippen molar-refractivity contribution in [3.8, 4) is 5.75 Å². The molecule has 0 radical (unpaired) electrons. The molecule has 0 amide bonds. The van der Waals surface area contributed by atoms with Gasteiger partial charge in [0.2, 0.25) is 0 Å². The average Bonchev–Trinajstić information content (AvgIpc) is 2.27. The maximum atomic E-state index is 12.2. The summed E-state index contributed by atoms with van der Waals surface area (Å²) in [5, 5.41) is 9.71. The third kappa shape index (κ3) is 3.61. The SMILES string of the molecule is COc1ccccc1[C@@H](O)C[C@H](N)C(F)(F)F. The number of methoxy groups -OCH3 is 1. The second-order valence-corrected chi connectivity index (χ2v) is 3.64. The number of ether oxygens (including phenoxy) is 1. The Balaban J connectivity index is 2.79. The Kier molecular flexibility index (Phi) is 4.36. The Morgan fingerprint density at radius 3 is 2.47 bits per heavy atom. The summed E-state index contributed by atoms with van der Waals surface area (Å²) in [5.74, 6) is 0.342. The molecule has 0 saturated heterocycles. The minimum absolute atomic E-state index is 0.301. The highest BCUT2D eigenvalue weighted by atomic mass is 19.4. The van der Waals surface area contributed by atoms with Gasteiger partial charge in [-0.2, -0.15) is 13.2 Å². The van der Waals surface area contributed by atoms with Gasteiger partial charge in [0.15, 0.2) is 0 Å². The Morgan fingerprint density at radius 1 is 1.35 bits per heavy atom. The van der Waals surface area contributed by atoms with E-state index in [1.807, 2.05) is 0 Å². The monoisotopic (exact) mass is 249 g/mol. The molecule has 0 aromatic heterocycles. The zero-order chi connectivity index (χ0) is 13.1. The van der Waals surface area contributed by atoms with Crippen molar-refractivity contribution in [2.24, 2.45) is 5.73 Å².